The van der Waals surface area contributed by atoms with Crippen molar-refractivity contribution in [2.45, 2.75) is 6.61 Å². The molecule has 0 fully saturated rings. The van der Waals surface area contributed by atoms with Gasteiger partial charge in [0.15, 0.2) is 18.1 Å². The highest BCUT2D eigenvalue weighted by molar-refractivity contribution is 5.95. The minimum absolute atomic E-state index is 0.303. The number of nitrogens with one attached hydrogen (secondary N) is 1. The SMILES string of the molecule is O=C(COC(=O)c1cccc(OCc2ccccc2)c1)Nc1ccc2c(c1)OCCO2. The van der Waals surface area contributed by atoms with E-state index in [0.29, 0.717) is 48.3 Å². The summed E-state index contributed by atoms with van der Waals surface area (Å²) < 4.78 is 21.8. The topological polar surface area (TPSA) is 83.1 Å². The van der Waals surface area contributed by atoms with Crippen molar-refractivity contribution in [3.05, 3.63) is 83.9 Å². The van der Waals surface area contributed by atoms with Crippen LogP contribution < -0.4 is 19.5 Å². The van der Waals surface area contributed by atoms with Crippen molar-refractivity contribution in [3.8, 4) is 17.2 Å². The van der Waals surface area contributed by atoms with Gasteiger partial charge < -0.3 is 24.3 Å². The second-order valence-corrected chi connectivity index (χ2v) is 6.78. The number of hydrogen-bond donors (Lipinski definition) is 1. The number of anilines is 1. The van der Waals surface area contributed by atoms with Crippen LogP contribution in [-0.4, -0.2) is 31.7 Å². The maximum Gasteiger partial charge on any atom is 0.338 e. The fourth-order valence-corrected chi connectivity index (χ4v) is 2.99. The molecular weight excluding hydrogens is 398 g/mol. The molecule has 7 nitrogen and oxygen atoms in total. The van der Waals surface area contributed by atoms with E-state index in [1.807, 2.05) is 30.3 Å². The van der Waals surface area contributed by atoms with Crippen molar-refractivity contribution in [1.82, 2.24) is 0 Å². The molecule has 1 aliphatic heterocycles. The Labute approximate surface area is 179 Å². The molecule has 0 bridgehead atoms. The zero-order chi connectivity index (χ0) is 21.5. The minimum Gasteiger partial charge on any atom is -0.489 e. The molecule has 0 saturated heterocycles. The van der Waals surface area contributed by atoms with Crippen LogP contribution in [0.2, 0.25) is 0 Å². The first-order valence-corrected chi connectivity index (χ1v) is 9.81. The maximum absolute atomic E-state index is 12.3. The first kappa shape index (κ1) is 20.3. The molecule has 158 valence electrons. The van der Waals surface area contributed by atoms with E-state index in [9.17, 15) is 9.59 Å². The summed E-state index contributed by atoms with van der Waals surface area (Å²) in [4.78, 5) is 24.5. The summed E-state index contributed by atoms with van der Waals surface area (Å²) in [5.41, 5.74) is 1.85. The van der Waals surface area contributed by atoms with Gasteiger partial charge in [-0.3, -0.25) is 4.79 Å². The van der Waals surface area contributed by atoms with Crippen LogP contribution in [0.4, 0.5) is 5.69 Å². The average Bonchev–Trinajstić information content (AvgIpc) is 2.82. The third-order valence-electron chi connectivity index (χ3n) is 4.48. The number of esters is 1. The zero-order valence-electron chi connectivity index (χ0n) is 16.7. The van der Waals surface area contributed by atoms with Crippen LogP contribution in [0.5, 0.6) is 17.2 Å². The predicted octanol–water partition coefficient (Wildman–Crippen LogP) is 3.83. The Morgan fingerprint density at radius 3 is 2.52 bits per heavy atom. The number of hydrogen-bond acceptors (Lipinski definition) is 6. The Morgan fingerprint density at radius 2 is 1.68 bits per heavy atom. The van der Waals surface area contributed by atoms with Gasteiger partial charge in [0.05, 0.1) is 5.56 Å². The Bertz CT molecular complexity index is 1070. The van der Waals surface area contributed by atoms with Crippen LogP contribution in [0, 0.1) is 0 Å². The van der Waals surface area contributed by atoms with Crippen LogP contribution in [0.15, 0.2) is 72.8 Å². The number of rotatable bonds is 7. The first-order chi connectivity index (χ1) is 15.2. The van der Waals surface area contributed by atoms with E-state index in [-0.39, 0.29) is 0 Å². The van der Waals surface area contributed by atoms with Gasteiger partial charge in [0.25, 0.3) is 5.91 Å². The van der Waals surface area contributed by atoms with Crippen molar-refractivity contribution < 1.29 is 28.5 Å². The molecular formula is C24H21NO6. The second-order valence-electron chi connectivity index (χ2n) is 6.78. The molecule has 0 radical (unpaired) electrons. The molecule has 3 aromatic carbocycles. The second kappa shape index (κ2) is 9.67. The van der Waals surface area contributed by atoms with Gasteiger partial charge in [-0.1, -0.05) is 36.4 Å². The Hall–Kier alpha value is -4.00. The molecule has 1 heterocycles. The van der Waals surface area contributed by atoms with E-state index in [1.54, 1.807) is 42.5 Å². The van der Waals surface area contributed by atoms with Gasteiger partial charge in [0, 0.05) is 11.8 Å². The van der Waals surface area contributed by atoms with E-state index < -0.39 is 18.5 Å². The van der Waals surface area contributed by atoms with Gasteiger partial charge in [0.1, 0.15) is 25.6 Å². The number of amides is 1. The van der Waals surface area contributed by atoms with Gasteiger partial charge in [0.2, 0.25) is 0 Å². The molecule has 1 aliphatic rings. The van der Waals surface area contributed by atoms with E-state index >= 15 is 0 Å². The van der Waals surface area contributed by atoms with Crippen molar-refractivity contribution in [3.63, 3.8) is 0 Å². The summed E-state index contributed by atoms with van der Waals surface area (Å²) in [7, 11) is 0. The lowest BCUT2D eigenvalue weighted by molar-refractivity contribution is -0.119. The van der Waals surface area contributed by atoms with Gasteiger partial charge in [-0.25, -0.2) is 4.79 Å². The van der Waals surface area contributed by atoms with Crippen molar-refractivity contribution in [1.29, 1.82) is 0 Å². The highest BCUT2D eigenvalue weighted by Gasteiger charge is 2.14. The first-order valence-electron chi connectivity index (χ1n) is 9.81. The molecule has 0 aromatic heterocycles. The number of carbonyl (C=O) groups is 2. The third-order valence-corrected chi connectivity index (χ3v) is 4.48. The molecule has 3 aromatic rings. The summed E-state index contributed by atoms with van der Waals surface area (Å²) in [6.07, 6.45) is 0. The smallest absolute Gasteiger partial charge is 0.338 e. The van der Waals surface area contributed by atoms with Crippen LogP contribution in [-0.2, 0) is 16.1 Å². The van der Waals surface area contributed by atoms with E-state index in [0.717, 1.165) is 5.56 Å². The van der Waals surface area contributed by atoms with Crippen LogP contribution in [0.3, 0.4) is 0 Å². The van der Waals surface area contributed by atoms with Crippen molar-refractivity contribution in [2.75, 3.05) is 25.1 Å². The van der Waals surface area contributed by atoms with E-state index in [2.05, 4.69) is 5.32 Å². The fourth-order valence-electron chi connectivity index (χ4n) is 2.99. The molecule has 7 heteroatoms. The summed E-state index contributed by atoms with van der Waals surface area (Å²) in [6, 6.07) is 21.5. The van der Waals surface area contributed by atoms with Gasteiger partial charge in [-0.05, 0) is 35.9 Å². The Morgan fingerprint density at radius 1 is 0.871 bits per heavy atom. The zero-order valence-corrected chi connectivity index (χ0v) is 16.7. The molecule has 0 aliphatic carbocycles. The normalized spacial score (nSPS) is 12.0. The summed E-state index contributed by atoms with van der Waals surface area (Å²) in [5.74, 6) is 0.668. The van der Waals surface area contributed by atoms with Crippen LogP contribution in [0.1, 0.15) is 15.9 Å². The molecule has 0 saturated carbocycles. The van der Waals surface area contributed by atoms with E-state index in [4.69, 9.17) is 18.9 Å². The number of benzene rings is 3. The minimum atomic E-state index is -0.609. The maximum atomic E-state index is 12.3. The van der Waals surface area contributed by atoms with Crippen molar-refractivity contribution >= 4 is 17.6 Å². The summed E-state index contributed by atoms with van der Waals surface area (Å²) in [5, 5.41) is 2.67. The highest BCUT2D eigenvalue weighted by Crippen LogP contribution is 2.32. The molecule has 0 spiro atoms. The Balaban J connectivity index is 1.28. The molecule has 1 amide bonds. The molecule has 0 atom stereocenters. The fraction of sp³-hybridized carbons (Fsp3) is 0.167. The predicted molar refractivity (Wildman–Crippen MR) is 114 cm³/mol. The molecule has 4 rings (SSSR count). The lowest BCUT2D eigenvalue weighted by atomic mass is 10.2. The quantitative estimate of drug-likeness (QED) is 0.586. The lowest BCUT2D eigenvalue weighted by Crippen LogP contribution is -2.21. The number of carbonyl (C=O) groups excluding carboxylic acids is 2. The standard InChI is InChI=1S/C24H21NO6/c26-23(25-19-9-10-21-22(14-19)29-12-11-28-21)16-31-24(27)18-7-4-8-20(13-18)30-15-17-5-2-1-3-6-17/h1-10,13-14H,11-12,15-16H2,(H,25,26). The third kappa shape index (κ3) is 5.54. The van der Waals surface area contributed by atoms with Crippen LogP contribution in [0.25, 0.3) is 0 Å². The summed E-state index contributed by atoms with van der Waals surface area (Å²) in [6.45, 7) is 0.920. The summed E-state index contributed by atoms with van der Waals surface area (Å²) >= 11 is 0. The largest absolute Gasteiger partial charge is 0.489 e. The monoisotopic (exact) mass is 419 g/mol. The number of fused-ring (bicyclic) bond motifs is 1. The van der Waals surface area contributed by atoms with Crippen molar-refractivity contribution in [2.24, 2.45) is 0 Å². The molecule has 31 heavy (non-hydrogen) atoms. The van der Waals surface area contributed by atoms with Gasteiger partial charge >= 0.3 is 5.97 Å². The molecule has 0 unspecified atom stereocenters. The average molecular weight is 419 g/mol. The van der Waals surface area contributed by atoms with Gasteiger partial charge in [-0.15, -0.1) is 0 Å². The Kier molecular flexibility index (Phi) is 6.32. The van der Waals surface area contributed by atoms with Crippen LogP contribution >= 0.6 is 0 Å². The molecule has 1 N–H and O–H groups in total. The number of ether oxygens (including phenoxy) is 4. The lowest BCUT2D eigenvalue weighted by Gasteiger charge is -2.19. The van der Waals surface area contributed by atoms with Gasteiger partial charge in [-0.2, -0.15) is 0 Å². The highest BCUT2D eigenvalue weighted by atomic mass is 16.6. The van der Waals surface area contributed by atoms with E-state index in [1.165, 1.54) is 0 Å².